The standard InChI is InChI=1S/C18H21N3O4/c1-13-12-14(2)21(19-13)10-8-17(22)24-11-5-9-20-15-6-3-4-7-16(15)25-18(20)23/h3-4,6-7,12H,5,8-11H2,1-2H3. The average molecular weight is 343 g/mol. The number of para-hydroxylation sites is 2. The van der Waals surface area contributed by atoms with E-state index in [1.54, 1.807) is 15.3 Å². The molecular formula is C18H21N3O4. The van der Waals surface area contributed by atoms with E-state index in [1.807, 2.05) is 38.1 Å². The van der Waals surface area contributed by atoms with Gasteiger partial charge in [-0.15, -0.1) is 0 Å². The number of oxazole rings is 1. The molecule has 0 atom stereocenters. The van der Waals surface area contributed by atoms with Crippen LogP contribution in [0.3, 0.4) is 0 Å². The number of esters is 1. The molecule has 0 fully saturated rings. The van der Waals surface area contributed by atoms with Crippen LogP contribution >= 0.6 is 0 Å². The van der Waals surface area contributed by atoms with Crippen LogP contribution < -0.4 is 5.76 Å². The molecule has 0 aliphatic rings. The van der Waals surface area contributed by atoms with Crippen molar-refractivity contribution >= 4 is 17.1 Å². The minimum absolute atomic E-state index is 0.266. The van der Waals surface area contributed by atoms with Gasteiger partial charge in [0.15, 0.2) is 5.58 Å². The van der Waals surface area contributed by atoms with Gasteiger partial charge in [0, 0.05) is 12.2 Å². The number of nitrogens with zero attached hydrogens (tertiary/aromatic N) is 3. The summed E-state index contributed by atoms with van der Waals surface area (Å²) in [7, 11) is 0. The molecule has 3 aromatic rings. The van der Waals surface area contributed by atoms with E-state index in [1.165, 1.54) is 0 Å². The zero-order chi connectivity index (χ0) is 17.8. The third-order valence-corrected chi connectivity index (χ3v) is 3.99. The van der Waals surface area contributed by atoms with Crippen LogP contribution in [0, 0.1) is 13.8 Å². The molecule has 0 saturated heterocycles. The topological polar surface area (TPSA) is 79.3 Å². The molecule has 25 heavy (non-hydrogen) atoms. The van der Waals surface area contributed by atoms with Gasteiger partial charge in [-0.2, -0.15) is 5.10 Å². The summed E-state index contributed by atoms with van der Waals surface area (Å²) >= 11 is 0. The van der Waals surface area contributed by atoms with Gasteiger partial charge in [-0.3, -0.25) is 14.0 Å². The summed E-state index contributed by atoms with van der Waals surface area (Å²) in [6.07, 6.45) is 0.825. The Hall–Kier alpha value is -2.83. The SMILES string of the molecule is Cc1cc(C)n(CCC(=O)OCCCn2c(=O)oc3ccccc32)n1. The summed E-state index contributed by atoms with van der Waals surface area (Å²) in [5.74, 6) is -0.658. The van der Waals surface area contributed by atoms with E-state index in [4.69, 9.17) is 9.15 Å². The van der Waals surface area contributed by atoms with Crippen LogP contribution in [-0.2, 0) is 22.6 Å². The van der Waals surface area contributed by atoms with Crippen LogP contribution in [0.1, 0.15) is 24.2 Å². The van der Waals surface area contributed by atoms with Crippen molar-refractivity contribution in [2.75, 3.05) is 6.61 Å². The minimum Gasteiger partial charge on any atom is -0.466 e. The molecule has 0 spiro atoms. The number of hydrogen-bond donors (Lipinski definition) is 0. The lowest BCUT2D eigenvalue weighted by molar-refractivity contribution is -0.144. The first-order valence-electron chi connectivity index (χ1n) is 8.29. The molecule has 7 nitrogen and oxygen atoms in total. The van der Waals surface area contributed by atoms with Crippen LogP contribution in [-0.4, -0.2) is 26.9 Å². The van der Waals surface area contributed by atoms with E-state index in [0.717, 1.165) is 16.9 Å². The van der Waals surface area contributed by atoms with Crippen molar-refractivity contribution in [3.8, 4) is 0 Å². The molecule has 0 bridgehead atoms. The Morgan fingerprint density at radius 3 is 2.80 bits per heavy atom. The molecule has 0 N–H and O–H groups in total. The second-order valence-electron chi connectivity index (χ2n) is 5.96. The zero-order valence-electron chi connectivity index (χ0n) is 14.4. The van der Waals surface area contributed by atoms with E-state index in [2.05, 4.69) is 5.10 Å². The maximum absolute atomic E-state index is 11.8. The fraction of sp³-hybridized carbons (Fsp3) is 0.389. The van der Waals surface area contributed by atoms with Crippen LogP contribution in [0.25, 0.3) is 11.1 Å². The summed E-state index contributed by atoms with van der Waals surface area (Å²) < 4.78 is 13.8. The first-order chi connectivity index (χ1) is 12.0. The maximum atomic E-state index is 11.8. The number of carbonyl (C=O) groups excluding carboxylic acids is 1. The Morgan fingerprint density at radius 1 is 1.24 bits per heavy atom. The fourth-order valence-corrected chi connectivity index (χ4v) is 2.81. The monoisotopic (exact) mass is 343 g/mol. The Balaban J connectivity index is 1.45. The van der Waals surface area contributed by atoms with Crippen molar-refractivity contribution in [3.05, 3.63) is 52.3 Å². The molecule has 0 aliphatic heterocycles. The lowest BCUT2D eigenvalue weighted by Gasteiger charge is -2.06. The number of fused-ring (bicyclic) bond motifs is 1. The van der Waals surface area contributed by atoms with Crippen LogP contribution in [0.15, 0.2) is 39.5 Å². The Labute approximate surface area is 144 Å². The van der Waals surface area contributed by atoms with Gasteiger partial charge in [-0.05, 0) is 38.5 Å². The number of hydrogen-bond acceptors (Lipinski definition) is 5. The normalized spacial score (nSPS) is 11.1. The first kappa shape index (κ1) is 17.0. The molecule has 0 unspecified atom stereocenters. The number of aromatic nitrogens is 3. The van der Waals surface area contributed by atoms with E-state index >= 15 is 0 Å². The van der Waals surface area contributed by atoms with E-state index in [9.17, 15) is 9.59 Å². The quantitative estimate of drug-likeness (QED) is 0.486. The Morgan fingerprint density at radius 2 is 2.04 bits per heavy atom. The molecule has 0 amide bonds. The van der Waals surface area contributed by atoms with Gasteiger partial charge in [0.2, 0.25) is 0 Å². The summed E-state index contributed by atoms with van der Waals surface area (Å²) in [6.45, 7) is 5.09. The van der Waals surface area contributed by atoms with Gasteiger partial charge in [0.25, 0.3) is 0 Å². The molecule has 2 heterocycles. The van der Waals surface area contributed by atoms with Crippen molar-refractivity contribution in [1.29, 1.82) is 0 Å². The molecule has 3 rings (SSSR count). The van der Waals surface area contributed by atoms with Crippen molar-refractivity contribution < 1.29 is 13.9 Å². The van der Waals surface area contributed by atoms with Crippen LogP contribution in [0.2, 0.25) is 0 Å². The minimum atomic E-state index is -0.392. The maximum Gasteiger partial charge on any atom is 0.419 e. The molecule has 0 saturated carbocycles. The Bertz CT molecular complexity index is 935. The average Bonchev–Trinajstić information content (AvgIpc) is 3.07. The van der Waals surface area contributed by atoms with Gasteiger partial charge in [-0.1, -0.05) is 12.1 Å². The fourth-order valence-electron chi connectivity index (χ4n) is 2.81. The summed E-state index contributed by atoms with van der Waals surface area (Å²) in [4.78, 5) is 23.7. The van der Waals surface area contributed by atoms with Crippen LogP contribution in [0.4, 0.5) is 0 Å². The molecular weight excluding hydrogens is 322 g/mol. The smallest absolute Gasteiger partial charge is 0.419 e. The molecule has 132 valence electrons. The van der Waals surface area contributed by atoms with Gasteiger partial charge < -0.3 is 9.15 Å². The van der Waals surface area contributed by atoms with Gasteiger partial charge in [0.1, 0.15) is 0 Å². The van der Waals surface area contributed by atoms with Crippen LogP contribution in [0.5, 0.6) is 0 Å². The van der Waals surface area contributed by atoms with Crippen molar-refractivity contribution in [2.24, 2.45) is 0 Å². The summed E-state index contributed by atoms with van der Waals surface area (Å²) in [5, 5.41) is 4.31. The largest absolute Gasteiger partial charge is 0.466 e. The molecule has 7 heteroatoms. The predicted molar refractivity (Wildman–Crippen MR) is 92.4 cm³/mol. The highest BCUT2D eigenvalue weighted by molar-refractivity contribution is 5.72. The summed E-state index contributed by atoms with van der Waals surface area (Å²) in [5.41, 5.74) is 3.28. The van der Waals surface area contributed by atoms with Crippen molar-refractivity contribution in [3.63, 3.8) is 0 Å². The highest BCUT2D eigenvalue weighted by atomic mass is 16.5. The molecule has 0 aliphatic carbocycles. The zero-order valence-corrected chi connectivity index (χ0v) is 14.4. The molecule has 2 aromatic heterocycles. The number of rotatable bonds is 7. The lowest BCUT2D eigenvalue weighted by Crippen LogP contribution is -2.17. The second kappa shape index (κ2) is 7.38. The third-order valence-electron chi connectivity index (χ3n) is 3.99. The number of ether oxygens (including phenoxy) is 1. The highest BCUT2D eigenvalue weighted by Gasteiger charge is 2.09. The van der Waals surface area contributed by atoms with Gasteiger partial charge in [0.05, 0.1) is 30.8 Å². The number of aryl methyl sites for hydroxylation is 4. The van der Waals surface area contributed by atoms with E-state index in [0.29, 0.717) is 25.1 Å². The summed E-state index contributed by atoms with van der Waals surface area (Å²) in [6, 6.07) is 9.23. The van der Waals surface area contributed by atoms with Crippen molar-refractivity contribution in [1.82, 2.24) is 14.3 Å². The lowest BCUT2D eigenvalue weighted by atomic mass is 10.3. The molecule has 0 radical (unpaired) electrons. The number of benzene rings is 1. The van der Waals surface area contributed by atoms with Crippen molar-refractivity contribution in [2.45, 2.75) is 39.8 Å². The molecule has 1 aromatic carbocycles. The van der Waals surface area contributed by atoms with E-state index in [-0.39, 0.29) is 19.0 Å². The number of carbonyl (C=O) groups is 1. The highest BCUT2D eigenvalue weighted by Crippen LogP contribution is 2.12. The predicted octanol–water partition coefficient (Wildman–Crippen LogP) is 2.43. The van der Waals surface area contributed by atoms with Gasteiger partial charge >= 0.3 is 11.7 Å². The first-order valence-corrected chi connectivity index (χ1v) is 8.29. The van der Waals surface area contributed by atoms with E-state index < -0.39 is 5.76 Å². The Kier molecular flexibility index (Phi) is 5.02. The third kappa shape index (κ3) is 3.99. The second-order valence-corrected chi connectivity index (χ2v) is 5.96. The van der Waals surface area contributed by atoms with Gasteiger partial charge in [-0.25, -0.2) is 4.79 Å².